The molecule has 1 fully saturated rings. The molecule has 31 heavy (non-hydrogen) atoms. The number of carbonyl (C=O) groups excluding carboxylic acids is 1. The van der Waals surface area contributed by atoms with E-state index in [9.17, 15) is 9.18 Å². The van der Waals surface area contributed by atoms with Crippen molar-refractivity contribution in [2.75, 3.05) is 44.7 Å². The number of hydrogen-bond donors (Lipinski definition) is 1. The Hall–Kier alpha value is -2.91. The highest BCUT2D eigenvalue weighted by atomic mass is 19.1. The minimum Gasteiger partial charge on any atom is -0.310 e. The monoisotopic (exact) mass is 423 g/mol. The number of fused-ring (bicyclic) bond motifs is 2. The largest absolute Gasteiger partial charge is 0.310 e. The Labute approximate surface area is 180 Å². The van der Waals surface area contributed by atoms with Gasteiger partial charge in [0.05, 0.1) is 36.2 Å². The Balaban J connectivity index is 1.37. The molecule has 1 saturated heterocycles. The van der Waals surface area contributed by atoms with Crippen molar-refractivity contribution in [3.05, 3.63) is 36.3 Å². The van der Waals surface area contributed by atoms with Crippen LogP contribution in [0.3, 0.4) is 0 Å². The third-order valence-electron chi connectivity index (χ3n) is 6.03. The van der Waals surface area contributed by atoms with E-state index in [1.807, 2.05) is 29.1 Å². The number of alkyl halides is 1. The van der Waals surface area contributed by atoms with Gasteiger partial charge < -0.3 is 5.32 Å². The summed E-state index contributed by atoms with van der Waals surface area (Å²) in [5.74, 6) is 0.455. The van der Waals surface area contributed by atoms with Gasteiger partial charge in [-0.3, -0.25) is 19.3 Å². The van der Waals surface area contributed by atoms with Crippen LogP contribution < -0.4 is 5.32 Å². The van der Waals surface area contributed by atoms with E-state index < -0.39 is 0 Å². The van der Waals surface area contributed by atoms with Gasteiger partial charge in [-0.1, -0.05) is 0 Å². The molecule has 8 nitrogen and oxygen atoms in total. The number of nitrogens with one attached hydrogen (secondary N) is 1. The van der Waals surface area contributed by atoms with Gasteiger partial charge in [-0.05, 0) is 38.1 Å². The number of pyridine rings is 2. The van der Waals surface area contributed by atoms with Crippen LogP contribution in [0.1, 0.15) is 18.5 Å². The molecule has 9 heteroatoms. The Bertz CT molecular complexity index is 1090. The highest BCUT2D eigenvalue weighted by Crippen LogP contribution is 2.27. The van der Waals surface area contributed by atoms with Crippen LogP contribution in [-0.4, -0.2) is 74.9 Å². The summed E-state index contributed by atoms with van der Waals surface area (Å²) in [7, 11) is 0. The summed E-state index contributed by atoms with van der Waals surface area (Å²) < 4.78 is 14.8. The van der Waals surface area contributed by atoms with Crippen LogP contribution in [-0.2, 0) is 17.9 Å². The lowest BCUT2D eigenvalue weighted by molar-refractivity contribution is -0.117. The van der Waals surface area contributed by atoms with Gasteiger partial charge in [0.2, 0.25) is 5.91 Å². The van der Waals surface area contributed by atoms with Crippen LogP contribution in [0.4, 0.5) is 10.2 Å². The molecular formula is C22H26FN7O. The Morgan fingerprint density at radius 2 is 1.97 bits per heavy atom. The van der Waals surface area contributed by atoms with Crippen molar-refractivity contribution in [3.8, 4) is 11.3 Å². The minimum absolute atomic E-state index is 0.0523. The number of hydrogen-bond acceptors (Lipinski definition) is 6. The molecule has 3 aromatic heterocycles. The standard InChI is InChI=1S/C22H26FN7O/c23-5-8-29-9-10-30-20(14-29)17(13-25-30)18-4-3-16-12-24-21(11-19(16)26-18)27-22(31)15-28-6-1-2-7-28/h3-4,11-13H,1-2,5-10,14-15H2,(H,24,27,31). The van der Waals surface area contributed by atoms with Crippen molar-refractivity contribution in [1.82, 2.24) is 29.5 Å². The third kappa shape index (κ3) is 4.28. The predicted octanol–water partition coefficient (Wildman–Crippen LogP) is 2.31. The molecule has 3 aromatic rings. The average Bonchev–Trinajstić information content (AvgIpc) is 3.43. The normalized spacial score (nSPS) is 17.2. The van der Waals surface area contributed by atoms with Crippen molar-refractivity contribution >= 4 is 22.6 Å². The average molecular weight is 423 g/mol. The molecule has 2 aliphatic heterocycles. The van der Waals surface area contributed by atoms with E-state index in [2.05, 4.69) is 25.2 Å². The zero-order chi connectivity index (χ0) is 21.2. The number of anilines is 1. The van der Waals surface area contributed by atoms with Crippen molar-refractivity contribution in [2.24, 2.45) is 0 Å². The molecule has 162 valence electrons. The number of carbonyl (C=O) groups is 1. The molecule has 0 spiro atoms. The summed E-state index contributed by atoms with van der Waals surface area (Å²) in [5, 5.41) is 8.29. The minimum atomic E-state index is -0.350. The lowest BCUT2D eigenvalue weighted by Crippen LogP contribution is -2.35. The molecule has 5 rings (SSSR count). The summed E-state index contributed by atoms with van der Waals surface area (Å²) in [5.41, 5.74) is 3.60. The second kappa shape index (κ2) is 8.68. The molecule has 0 radical (unpaired) electrons. The molecule has 0 unspecified atom stereocenters. The molecule has 0 aliphatic carbocycles. The maximum atomic E-state index is 12.8. The molecular weight excluding hydrogens is 397 g/mol. The van der Waals surface area contributed by atoms with Crippen molar-refractivity contribution in [3.63, 3.8) is 0 Å². The van der Waals surface area contributed by atoms with Crippen LogP contribution >= 0.6 is 0 Å². The van der Waals surface area contributed by atoms with Crippen LogP contribution in [0.15, 0.2) is 30.6 Å². The van der Waals surface area contributed by atoms with Crippen molar-refractivity contribution in [2.45, 2.75) is 25.9 Å². The topological polar surface area (TPSA) is 79.2 Å². The fourth-order valence-corrected chi connectivity index (χ4v) is 4.38. The number of aromatic nitrogens is 4. The molecule has 1 N–H and O–H groups in total. The van der Waals surface area contributed by atoms with Gasteiger partial charge in [-0.2, -0.15) is 5.10 Å². The summed E-state index contributed by atoms with van der Waals surface area (Å²) in [6.07, 6.45) is 5.87. The van der Waals surface area contributed by atoms with Crippen LogP contribution in [0.2, 0.25) is 0 Å². The van der Waals surface area contributed by atoms with Gasteiger partial charge in [0.1, 0.15) is 12.5 Å². The van der Waals surface area contributed by atoms with E-state index in [1.165, 1.54) is 0 Å². The zero-order valence-electron chi connectivity index (χ0n) is 17.4. The predicted molar refractivity (Wildman–Crippen MR) is 116 cm³/mol. The second-order valence-electron chi connectivity index (χ2n) is 8.18. The van der Waals surface area contributed by atoms with E-state index in [4.69, 9.17) is 4.98 Å². The first kappa shape index (κ1) is 20.0. The number of rotatable bonds is 6. The van der Waals surface area contributed by atoms with Gasteiger partial charge in [0.25, 0.3) is 0 Å². The molecule has 5 heterocycles. The summed E-state index contributed by atoms with van der Waals surface area (Å²) >= 11 is 0. The zero-order valence-corrected chi connectivity index (χ0v) is 17.4. The fourth-order valence-electron chi connectivity index (χ4n) is 4.38. The van der Waals surface area contributed by atoms with Gasteiger partial charge >= 0.3 is 0 Å². The summed E-state index contributed by atoms with van der Waals surface area (Å²) in [6, 6.07) is 5.75. The lowest BCUT2D eigenvalue weighted by Gasteiger charge is -2.27. The van der Waals surface area contributed by atoms with E-state index in [0.717, 1.165) is 66.9 Å². The van der Waals surface area contributed by atoms with E-state index in [1.54, 1.807) is 6.20 Å². The number of likely N-dealkylation sites (tertiary alicyclic amines) is 1. The Kier molecular flexibility index (Phi) is 5.61. The van der Waals surface area contributed by atoms with E-state index in [-0.39, 0.29) is 12.6 Å². The first-order valence-electron chi connectivity index (χ1n) is 10.8. The highest BCUT2D eigenvalue weighted by Gasteiger charge is 2.22. The van der Waals surface area contributed by atoms with Crippen molar-refractivity contribution in [1.29, 1.82) is 0 Å². The van der Waals surface area contributed by atoms with Gasteiger partial charge in [0, 0.05) is 42.8 Å². The molecule has 2 aliphatic rings. The van der Waals surface area contributed by atoms with Crippen LogP contribution in [0.5, 0.6) is 0 Å². The van der Waals surface area contributed by atoms with E-state index in [0.29, 0.717) is 25.5 Å². The number of nitrogens with zero attached hydrogens (tertiary/aromatic N) is 6. The fraction of sp³-hybridized carbons (Fsp3) is 0.455. The second-order valence-corrected chi connectivity index (χ2v) is 8.18. The van der Waals surface area contributed by atoms with Crippen LogP contribution in [0, 0.1) is 0 Å². The smallest absolute Gasteiger partial charge is 0.239 e. The third-order valence-corrected chi connectivity index (χ3v) is 6.03. The van der Waals surface area contributed by atoms with Crippen molar-refractivity contribution < 1.29 is 9.18 Å². The molecule has 0 aromatic carbocycles. The SMILES string of the molecule is O=C(CN1CCCC1)Nc1cc2nc(-c3cnn4c3CN(CCF)CC4)ccc2cn1. The van der Waals surface area contributed by atoms with E-state index >= 15 is 0 Å². The maximum absolute atomic E-state index is 12.8. The number of amides is 1. The highest BCUT2D eigenvalue weighted by molar-refractivity contribution is 5.93. The summed E-state index contributed by atoms with van der Waals surface area (Å²) in [6.45, 7) is 4.64. The van der Waals surface area contributed by atoms with Gasteiger partial charge in [-0.25, -0.2) is 14.4 Å². The quantitative estimate of drug-likeness (QED) is 0.656. The first-order chi connectivity index (χ1) is 15.2. The number of halogens is 1. The Morgan fingerprint density at radius 1 is 1.10 bits per heavy atom. The Morgan fingerprint density at radius 3 is 2.81 bits per heavy atom. The molecule has 0 saturated carbocycles. The van der Waals surface area contributed by atoms with Gasteiger partial charge in [0.15, 0.2) is 0 Å². The summed E-state index contributed by atoms with van der Waals surface area (Å²) in [4.78, 5) is 25.8. The van der Waals surface area contributed by atoms with Crippen LogP contribution in [0.25, 0.3) is 22.2 Å². The maximum Gasteiger partial charge on any atom is 0.239 e. The first-order valence-corrected chi connectivity index (χ1v) is 10.8. The molecule has 0 bridgehead atoms. The lowest BCUT2D eigenvalue weighted by atomic mass is 10.1. The molecule has 0 atom stereocenters. The molecule has 1 amide bonds. The van der Waals surface area contributed by atoms with Gasteiger partial charge in [-0.15, -0.1) is 0 Å².